The number of carbonyl (C=O) groups excluding carboxylic acids is 1. The molecule has 0 unspecified atom stereocenters. The summed E-state index contributed by atoms with van der Waals surface area (Å²) in [6, 6.07) is 0.116. The van der Waals surface area contributed by atoms with Crippen molar-refractivity contribution in [1.29, 1.82) is 0 Å². The van der Waals surface area contributed by atoms with Crippen molar-refractivity contribution in [3.8, 4) is 0 Å². The fourth-order valence-corrected chi connectivity index (χ4v) is 3.18. The van der Waals surface area contributed by atoms with E-state index in [1.807, 2.05) is 9.80 Å². The van der Waals surface area contributed by atoms with Gasteiger partial charge in [-0.3, -0.25) is 9.69 Å². The first-order valence-electron chi connectivity index (χ1n) is 7.76. The van der Waals surface area contributed by atoms with Gasteiger partial charge in [0.1, 0.15) is 0 Å². The molecule has 6 nitrogen and oxygen atoms in total. The van der Waals surface area contributed by atoms with Crippen molar-refractivity contribution in [3.05, 3.63) is 0 Å². The third kappa shape index (κ3) is 3.87. The van der Waals surface area contributed by atoms with E-state index in [4.69, 9.17) is 5.11 Å². The predicted octanol–water partition coefficient (Wildman–Crippen LogP) is 1.32. The van der Waals surface area contributed by atoms with Gasteiger partial charge in [0, 0.05) is 44.7 Å². The molecule has 0 aromatic carbocycles. The highest BCUT2D eigenvalue weighted by atomic mass is 16.4. The summed E-state index contributed by atoms with van der Waals surface area (Å²) in [5.41, 5.74) is 0.00946. The Labute approximate surface area is 126 Å². The van der Waals surface area contributed by atoms with Crippen LogP contribution in [0.4, 0.5) is 4.79 Å². The van der Waals surface area contributed by atoms with Crippen LogP contribution in [0.25, 0.3) is 0 Å². The first kappa shape index (κ1) is 16.1. The standard InChI is InChI=1S/C15H27N3O3/c1-15(2)11-18(9-8-16(15)3)14(21)17-6-4-12(5-7-17)10-13(19)20/h12H,4-11H2,1-3H3,(H,19,20). The van der Waals surface area contributed by atoms with E-state index in [1.54, 1.807) is 0 Å². The fraction of sp³-hybridized carbons (Fsp3) is 0.867. The lowest BCUT2D eigenvalue weighted by molar-refractivity contribution is -0.138. The molecule has 0 bridgehead atoms. The van der Waals surface area contributed by atoms with Crippen LogP contribution < -0.4 is 0 Å². The third-order valence-electron chi connectivity index (χ3n) is 4.94. The van der Waals surface area contributed by atoms with E-state index in [1.165, 1.54) is 0 Å². The van der Waals surface area contributed by atoms with Gasteiger partial charge in [-0.15, -0.1) is 0 Å². The maximum absolute atomic E-state index is 12.6. The highest BCUT2D eigenvalue weighted by Gasteiger charge is 2.35. The van der Waals surface area contributed by atoms with Crippen molar-refractivity contribution in [3.63, 3.8) is 0 Å². The summed E-state index contributed by atoms with van der Waals surface area (Å²) in [5, 5.41) is 8.83. The van der Waals surface area contributed by atoms with E-state index >= 15 is 0 Å². The molecule has 0 aromatic heterocycles. The Morgan fingerprint density at radius 1 is 1.10 bits per heavy atom. The van der Waals surface area contributed by atoms with Crippen LogP contribution in [0.5, 0.6) is 0 Å². The van der Waals surface area contributed by atoms with Gasteiger partial charge in [-0.1, -0.05) is 0 Å². The van der Waals surface area contributed by atoms with E-state index in [0.29, 0.717) is 13.1 Å². The lowest BCUT2D eigenvalue weighted by atomic mass is 9.93. The zero-order chi connectivity index (χ0) is 15.6. The van der Waals surface area contributed by atoms with E-state index in [2.05, 4.69) is 25.8 Å². The number of piperazine rings is 1. The molecule has 2 saturated heterocycles. The van der Waals surface area contributed by atoms with Gasteiger partial charge in [-0.05, 0) is 39.7 Å². The van der Waals surface area contributed by atoms with Crippen LogP contribution in [-0.4, -0.2) is 77.1 Å². The van der Waals surface area contributed by atoms with Crippen LogP contribution in [0.1, 0.15) is 33.1 Å². The average molecular weight is 297 g/mol. The molecule has 21 heavy (non-hydrogen) atoms. The topological polar surface area (TPSA) is 64.1 Å². The second-order valence-electron chi connectivity index (χ2n) is 6.97. The van der Waals surface area contributed by atoms with Crippen LogP contribution in [0, 0.1) is 5.92 Å². The zero-order valence-electron chi connectivity index (χ0n) is 13.3. The number of hydrogen-bond donors (Lipinski definition) is 1. The maximum Gasteiger partial charge on any atom is 0.320 e. The molecule has 1 N–H and O–H groups in total. The SMILES string of the molecule is CN1CCN(C(=O)N2CCC(CC(=O)O)CC2)CC1(C)C. The van der Waals surface area contributed by atoms with Crippen LogP contribution in [-0.2, 0) is 4.79 Å². The predicted molar refractivity (Wildman–Crippen MR) is 80.2 cm³/mol. The molecule has 2 aliphatic rings. The van der Waals surface area contributed by atoms with E-state index in [9.17, 15) is 9.59 Å². The minimum Gasteiger partial charge on any atom is -0.481 e. The van der Waals surface area contributed by atoms with Crippen molar-refractivity contribution >= 4 is 12.0 Å². The zero-order valence-corrected chi connectivity index (χ0v) is 13.3. The number of carboxylic acid groups (broad SMARTS) is 1. The van der Waals surface area contributed by atoms with Crippen LogP contribution in [0.2, 0.25) is 0 Å². The Hall–Kier alpha value is -1.30. The van der Waals surface area contributed by atoms with Crippen molar-refractivity contribution in [2.24, 2.45) is 5.92 Å². The second-order valence-corrected chi connectivity index (χ2v) is 6.97. The van der Waals surface area contributed by atoms with Gasteiger partial charge in [0.25, 0.3) is 0 Å². The molecule has 120 valence electrons. The van der Waals surface area contributed by atoms with Crippen LogP contribution >= 0.6 is 0 Å². The van der Waals surface area contributed by atoms with Crippen molar-refractivity contribution < 1.29 is 14.7 Å². The van der Waals surface area contributed by atoms with E-state index in [0.717, 1.165) is 32.5 Å². The average Bonchev–Trinajstić information content (AvgIpc) is 2.41. The second kappa shape index (κ2) is 6.22. The van der Waals surface area contributed by atoms with E-state index < -0.39 is 5.97 Å². The van der Waals surface area contributed by atoms with Crippen LogP contribution in [0.15, 0.2) is 0 Å². The molecule has 0 spiro atoms. The molecular weight excluding hydrogens is 270 g/mol. The number of hydrogen-bond acceptors (Lipinski definition) is 3. The molecule has 2 fully saturated rings. The highest BCUT2D eigenvalue weighted by molar-refractivity contribution is 5.75. The first-order valence-corrected chi connectivity index (χ1v) is 7.76. The minimum absolute atomic E-state index is 0.00946. The normalized spacial score (nSPS) is 24.1. The summed E-state index contributed by atoms with van der Waals surface area (Å²) in [7, 11) is 2.10. The number of nitrogens with zero attached hydrogens (tertiary/aromatic N) is 3. The quantitative estimate of drug-likeness (QED) is 0.835. The Balaban J connectivity index is 1.86. The number of amides is 2. The molecule has 6 heteroatoms. The molecular formula is C15H27N3O3. The fourth-order valence-electron chi connectivity index (χ4n) is 3.18. The largest absolute Gasteiger partial charge is 0.481 e. The molecule has 0 radical (unpaired) electrons. The molecule has 0 saturated carbocycles. The van der Waals surface area contributed by atoms with Crippen LogP contribution in [0.3, 0.4) is 0 Å². The number of rotatable bonds is 2. The van der Waals surface area contributed by atoms with Gasteiger partial charge < -0.3 is 14.9 Å². The van der Waals surface area contributed by atoms with Gasteiger partial charge in [0.2, 0.25) is 0 Å². The number of piperidine rings is 1. The molecule has 0 aliphatic carbocycles. The number of aliphatic carboxylic acids is 1. The minimum atomic E-state index is -0.736. The Morgan fingerprint density at radius 2 is 1.71 bits per heavy atom. The lowest BCUT2D eigenvalue weighted by Crippen LogP contribution is -2.61. The van der Waals surface area contributed by atoms with E-state index in [-0.39, 0.29) is 23.9 Å². The van der Waals surface area contributed by atoms with Gasteiger partial charge >= 0.3 is 12.0 Å². The number of carboxylic acids is 1. The number of carbonyl (C=O) groups is 2. The molecule has 0 aromatic rings. The Bertz CT molecular complexity index is 403. The van der Waals surface area contributed by atoms with Gasteiger partial charge in [-0.2, -0.15) is 0 Å². The maximum atomic E-state index is 12.6. The first-order chi connectivity index (χ1) is 9.79. The third-order valence-corrected chi connectivity index (χ3v) is 4.94. The van der Waals surface area contributed by atoms with Crippen molar-refractivity contribution in [2.45, 2.75) is 38.6 Å². The summed E-state index contributed by atoms with van der Waals surface area (Å²) in [6.07, 6.45) is 1.83. The Morgan fingerprint density at radius 3 is 2.24 bits per heavy atom. The Kier molecular flexibility index (Phi) is 4.76. The number of likely N-dealkylation sites (tertiary alicyclic amines) is 1. The number of urea groups is 1. The number of likely N-dealkylation sites (N-methyl/N-ethyl adjacent to an activating group) is 1. The summed E-state index contributed by atoms with van der Waals surface area (Å²) in [5.74, 6) is -0.518. The smallest absolute Gasteiger partial charge is 0.320 e. The van der Waals surface area contributed by atoms with Gasteiger partial charge in [0.15, 0.2) is 0 Å². The molecule has 2 heterocycles. The molecule has 2 amide bonds. The molecule has 2 rings (SSSR count). The monoisotopic (exact) mass is 297 g/mol. The summed E-state index contributed by atoms with van der Waals surface area (Å²) in [6.45, 7) is 8.10. The summed E-state index contributed by atoms with van der Waals surface area (Å²) in [4.78, 5) is 29.5. The molecule has 0 atom stereocenters. The highest BCUT2D eigenvalue weighted by Crippen LogP contribution is 2.24. The van der Waals surface area contributed by atoms with Crippen molar-refractivity contribution in [2.75, 3.05) is 39.8 Å². The summed E-state index contributed by atoms with van der Waals surface area (Å²) < 4.78 is 0. The molecule has 2 aliphatic heterocycles. The van der Waals surface area contributed by atoms with Gasteiger partial charge in [-0.25, -0.2) is 4.79 Å². The van der Waals surface area contributed by atoms with Gasteiger partial charge in [0.05, 0.1) is 0 Å². The lowest BCUT2D eigenvalue weighted by Gasteiger charge is -2.47. The van der Waals surface area contributed by atoms with Crippen molar-refractivity contribution in [1.82, 2.24) is 14.7 Å². The summed E-state index contributed by atoms with van der Waals surface area (Å²) >= 11 is 0.